The third-order valence-electron chi connectivity index (χ3n) is 3.19. The van der Waals surface area contributed by atoms with E-state index in [0.29, 0.717) is 11.3 Å². The van der Waals surface area contributed by atoms with Crippen molar-refractivity contribution in [3.63, 3.8) is 0 Å². The van der Waals surface area contributed by atoms with E-state index in [1.165, 1.54) is 24.3 Å². The number of rotatable bonds is 5. The molecule has 0 saturated heterocycles. The van der Waals surface area contributed by atoms with Crippen molar-refractivity contribution in [1.29, 1.82) is 0 Å². The summed E-state index contributed by atoms with van der Waals surface area (Å²) in [5.74, 6) is -1.12. The summed E-state index contributed by atoms with van der Waals surface area (Å²) in [4.78, 5) is 11.4. The molecule has 2 N–H and O–H groups in total. The normalized spacial score (nSPS) is 12.2. The van der Waals surface area contributed by atoms with Crippen LogP contribution in [0.25, 0.3) is 0 Å². The largest absolute Gasteiger partial charge is 0.479 e. The maximum absolute atomic E-state index is 12.7. The van der Waals surface area contributed by atoms with E-state index in [9.17, 15) is 18.7 Å². The molecule has 2 rings (SSSR count). The molecule has 0 aromatic heterocycles. The first-order valence-electron chi connectivity index (χ1n) is 6.42. The van der Waals surface area contributed by atoms with Crippen LogP contribution in [0.15, 0.2) is 48.5 Å². The number of alkyl halides is 2. The summed E-state index contributed by atoms with van der Waals surface area (Å²) in [6.07, 6.45) is -2.63. The lowest BCUT2D eigenvalue weighted by Crippen LogP contribution is -2.21. The lowest BCUT2D eigenvalue weighted by Gasteiger charge is -2.18. The quantitative estimate of drug-likeness (QED) is 0.869. The van der Waals surface area contributed by atoms with Crippen LogP contribution in [0.3, 0.4) is 0 Å². The van der Waals surface area contributed by atoms with Crippen LogP contribution in [0, 0.1) is 6.92 Å². The Morgan fingerprint density at radius 1 is 1.10 bits per heavy atom. The smallest absolute Gasteiger partial charge is 0.330 e. The van der Waals surface area contributed by atoms with Crippen LogP contribution in [-0.2, 0) is 4.79 Å². The van der Waals surface area contributed by atoms with Gasteiger partial charge in [0.15, 0.2) is 6.04 Å². The van der Waals surface area contributed by atoms with E-state index in [0.717, 1.165) is 5.56 Å². The Labute approximate surface area is 121 Å². The van der Waals surface area contributed by atoms with Gasteiger partial charge in [0, 0.05) is 11.3 Å². The van der Waals surface area contributed by atoms with Crippen LogP contribution in [0.2, 0.25) is 0 Å². The number of halogens is 2. The standard InChI is InChI=1S/C16H15F2NO2/c1-10-5-2-3-8-13(10)19-14(16(20)21)11-6-4-7-12(9-11)15(17)18/h2-9,14-15,19H,1H3,(H,20,21). The number of nitrogens with one attached hydrogen (secondary N) is 1. The Morgan fingerprint density at radius 2 is 1.76 bits per heavy atom. The van der Waals surface area contributed by atoms with Crippen LogP contribution in [0.4, 0.5) is 14.5 Å². The Kier molecular flexibility index (Phi) is 4.52. The number of carboxylic acid groups (broad SMARTS) is 1. The van der Waals surface area contributed by atoms with Crippen LogP contribution in [0.1, 0.15) is 29.2 Å². The molecule has 110 valence electrons. The van der Waals surface area contributed by atoms with Crippen LogP contribution >= 0.6 is 0 Å². The van der Waals surface area contributed by atoms with Gasteiger partial charge in [-0.15, -0.1) is 0 Å². The van der Waals surface area contributed by atoms with Crippen molar-refractivity contribution < 1.29 is 18.7 Å². The Hall–Kier alpha value is -2.43. The molecule has 0 heterocycles. The van der Waals surface area contributed by atoms with Gasteiger partial charge < -0.3 is 10.4 Å². The number of aryl methyl sites for hydroxylation is 1. The van der Waals surface area contributed by atoms with Crippen molar-refractivity contribution in [1.82, 2.24) is 0 Å². The number of para-hydroxylation sites is 1. The molecule has 0 spiro atoms. The first kappa shape index (κ1) is 15.0. The summed E-state index contributed by atoms with van der Waals surface area (Å²) in [5.41, 5.74) is 1.65. The fourth-order valence-electron chi connectivity index (χ4n) is 2.05. The van der Waals surface area contributed by atoms with Crippen molar-refractivity contribution in [2.45, 2.75) is 19.4 Å². The number of benzene rings is 2. The van der Waals surface area contributed by atoms with Gasteiger partial charge in [-0.3, -0.25) is 0 Å². The zero-order valence-electron chi connectivity index (χ0n) is 11.4. The predicted molar refractivity (Wildman–Crippen MR) is 76.6 cm³/mol. The molecule has 0 aliphatic rings. The minimum absolute atomic E-state index is 0.190. The lowest BCUT2D eigenvalue weighted by atomic mass is 10.0. The van der Waals surface area contributed by atoms with Gasteiger partial charge in [-0.1, -0.05) is 36.4 Å². The summed E-state index contributed by atoms with van der Waals surface area (Å²) in [7, 11) is 0. The van der Waals surface area contributed by atoms with Crippen LogP contribution in [-0.4, -0.2) is 11.1 Å². The molecule has 21 heavy (non-hydrogen) atoms. The highest BCUT2D eigenvalue weighted by atomic mass is 19.3. The molecule has 0 aliphatic heterocycles. The average Bonchev–Trinajstić information content (AvgIpc) is 2.46. The molecule has 2 aromatic rings. The number of hydrogen-bond donors (Lipinski definition) is 2. The minimum Gasteiger partial charge on any atom is -0.479 e. The summed E-state index contributed by atoms with van der Waals surface area (Å²) in [6, 6.07) is 11.6. The molecule has 0 fully saturated rings. The molecule has 5 heteroatoms. The SMILES string of the molecule is Cc1ccccc1NC(C(=O)O)c1cccc(C(F)F)c1. The van der Waals surface area contributed by atoms with E-state index in [-0.39, 0.29) is 5.56 Å². The van der Waals surface area contributed by atoms with Crippen molar-refractivity contribution in [2.24, 2.45) is 0 Å². The van der Waals surface area contributed by atoms with Gasteiger partial charge in [-0.25, -0.2) is 13.6 Å². The highest BCUT2D eigenvalue weighted by molar-refractivity contribution is 5.79. The van der Waals surface area contributed by atoms with E-state index in [4.69, 9.17) is 0 Å². The molecule has 1 atom stereocenters. The van der Waals surface area contributed by atoms with Crippen molar-refractivity contribution in [2.75, 3.05) is 5.32 Å². The van der Waals surface area contributed by atoms with E-state index in [2.05, 4.69) is 5.32 Å². The minimum atomic E-state index is -2.63. The first-order chi connectivity index (χ1) is 9.99. The molecule has 0 amide bonds. The zero-order valence-corrected chi connectivity index (χ0v) is 11.4. The Balaban J connectivity index is 2.34. The third-order valence-corrected chi connectivity index (χ3v) is 3.19. The van der Waals surface area contributed by atoms with E-state index >= 15 is 0 Å². The second-order valence-corrected chi connectivity index (χ2v) is 4.70. The van der Waals surface area contributed by atoms with Crippen LogP contribution in [0.5, 0.6) is 0 Å². The summed E-state index contributed by atoms with van der Waals surface area (Å²) >= 11 is 0. The maximum Gasteiger partial charge on any atom is 0.330 e. The lowest BCUT2D eigenvalue weighted by molar-refractivity contribution is -0.138. The third kappa shape index (κ3) is 3.56. The molecular weight excluding hydrogens is 276 g/mol. The average molecular weight is 291 g/mol. The van der Waals surface area contributed by atoms with E-state index in [1.807, 2.05) is 19.1 Å². The maximum atomic E-state index is 12.7. The summed E-state index contributed by atoms with van der Waals surface area (Å²) < 4.78 is 25.5. The fraction of sp³-hybridized carbons (Fsp3) is 0.188. The molecule has 1 unspecified atom stereocenters. The van der Waals surface area contributed by atoms with Crippen molar-refractivity contribution >= 4 is 11.7 Å². The monoisotopic (exact) mass is 291 g/mol. The molecule has 2 aromatic carbocycles. The van der Waals surface area contributed by atoms with Gasteiger partial charge in [0.1, 0.15) is 0 Å². The highest BCUT2D eigenvalue weighted by Crippen LogP contribution is 2.26. The van der Waals surface area contributed by atoms with Gasteiger partial charge >= 0.3 is 5.97 Å². The molecule has 0 bridgehead atoms. The first-order valence-corrected chi connectivity index (χ1v) is 6.42. The zero-order chi connectivity index (χ0) is 15.4. The number of carboxylic acids is 1. The summed E-state index contributed by atoms with van der Waals surface area (Å²) in [5, 5.41) is 12.2. The summed E-state index contributed by atoms with van der Waals surface area (Å²) in [6.45, 7) is 1.84. The molecule has 0 saturated carbocycles. The van der Waals surface area contributed by atoms with Gasteiger partial charge in [0.05, 0.1) is 0 Å². The number of carbonyl (C=O) groups is 1. The highest BCUT2D eigenvalue weighted by Gasteiger charge is 2.21. The van der Waals surface area contributed by atoms with E-state index < -0.39 is 18.4 Å². The predicted octanol–water partition coefficient (Wildman–Crippen LogP) is 4.17. The van der Waals surface area contributed by atoms with Crippen molar-refractivity contribution in [3.8, 4) is 0 Å². The molecule has 3 nitrogen and oxygen atoms in total. The molecule has 0 aliphatic carbocycles. The second-order valence-electron chi connectivity index (χ2n) is 4.70. The molecular formula is C16H15F2NO2. The van der Waals surface area contributed by atoms with Gasteiger partial charge in [0.25, 0.3) is 6.43 Å². The number of hydrogen-bond acceptors (Lipinski definition) is 2. The Morgan fingerprint density at radius 3 is 2.38 bits per heavy atom. The van der Waals surface area contributed by atoms with Crippen LogP contribution < -0.4 is 5.32 Å². The Bertz CT molecular complexity index is 644. The molecule has 0 radical (unpaired) electrons. The second kappa shape index (κ2) is 6.35. The van der Waals surface area contributed by atoms with Crippen molar-refractivity contribution in [3.05, 3.63) is 65.2 Å². The van der Waals surface area contributed by atoms with Gasteiger partial charge in [-0.05, 0) is 30.2 Å². The topological polar surface area (TPSA) is 49.3 Å². The van der Waals surface area contributed by atoms with Gasteiger partial charge in [-0.2, -0.15) is 0 Å². The van der Waals surface area contributed by atoms with Gasteiger partial charge in [0.2, 0.25) is 0 Å². The fourth-order valence-corrected chi connectivity index (χ4v) is 2.05. The van der Waals surface area contributed by atoms with E-state index in [1.54, 1.807) is 12.1 Å². The number of anilines is 1. The number of aliphatic carboxylic acids is 1.